The summed E-state index contributed by atoms with van der Waals surface area (Å²) in [4.78, 5) is 162. The number of unbranched alkanes of at least 4 members (excludes halogenated alkanes) is 1. The van der Waals surface area contributed by atoms with Crippen molar-refractivity contribution in [2.45, 2.75) is 199 Å². The number of nitrogens with two attached hydrogens (primary N) is 1. The van der Waals surface area contributed by atoms with Gasteiger partial charge in [-0.1, -0.05) is 62.4 Å². The Balaban J connectivity index is 1.05. The summed E-state index contributed by atoms with van der Waals surface area (Å²) in [5.74, 6) is -14.6. The molecule has 14 atom stereocenters. The fourth-order valence-electron chi connectivity index (χ4n) is 13.8. The normalized spacial score (nSPS) is 25.3. The lowest BCUT2D eigenvalue weighted by molar-refractivity contribution is -0.319. The number of ether oxygens (including phenoxy) is 5. The lowest BCUT2D eigenvalue weighted by atomic mass is 9.41. The van der Waals surface area contributed by atoms with Gasteiger partial charge in [0, 0.05) is 61.0 Å². The van der Waals surface area contributed by atoms with E-state index in [0.29, 0.717) is 12.1 Å². The molecule has 27 nitrogen and oxygen atoms in total. The summed E-state index contributed by atoms with van der Waals surface area (Å²) in [5.41, 5.74) is -3.50. The predicted molar refractivity (Wildman–Crippen MR) is 340 cm³/mol. The molecule has 1 saturated heterocycles. The van der Waals surface area contributed by atoms with Crippen molar-refractivity contribution in [1.82, 2.24) is 26.6 Å². The summed E-state index contributed by atoms with van der Waals surface area (Å²) in [7, 11) is 0. The molecule has 2 bridgehead atoms. The Bertz CT molecular complexity index is 3590. The van der Waals surface area contributed by atoms with Gasteiger partial charge in [-0.3, -0.25) is 33.6 Å². The van der Waals surface area contributed by atoms with Crippen LogP contribution in [0.15, 0.2) is 90.0 Å². The molecule has 98 heavy (non-hydrogen) atoms. The van der Waals surface area contributed by atoms with E-state index in [0.717, 1.165) is 6.07 Å². The lowest BCUT2D eigenvalue weighted by Crippen LogP contribution is -2.78. The third kappa shape index (κ3) is 17.1. The minimum absolute atomic E-state index is 0.0281. The van der Waals surface area contributed by atoms with Crippen LogP contribution in [-0.2, 0) is 66.8 Å². The average molecular weight is 1370 g/mol. The van der Waals surface area contributed by atoms with E-state index in [1.165, 1.54) is 65.8 Å². The minimum atomic E-state index is -2.47. The second-order valence-electron chi connectivity index (χ2n) is 27.2. The van der Waals surface area contributed by atoms with Gasteiger partial charge in [0.1, 0.15) is 59.5 Å². The van der Waals surface area contributed by atoms with Gasteiger partial charge >= 0.3 is 30.0 Å². The first-order valence-electron chi connectivity index (χ1n) is 32.2. The summed E-state index contributed by atoms with van der Waals surface area (Å²) >= 11 is 0. The number of carboxylic acid groups (broad SMARTS) is 1. The van der Waals surface area contributed by atoms with Gasteiger partial charge in [0.25, 0.3) is 5.91 Å². The number of fused-ring (bicyclic) bond motifs is 5. The van der Waals surface area contributed by atoms with Crippen LogP contribution in [0, 0.1) is 33.8 Å². The summed E-state index contributed by atoms with van der Waals surface area (Å²) in [6, 6.07) is 11.9. The molecule has 2 saturated carbocycles. The van der Waals surface area contributed by atoms with Gasteiger partial charge in [0.2, 0.25) is 29.7 Å². The van der Waals surface area contributed by atoms with Crippen LogP contribution < -0.4 is 32.3 Å². The zero-order valence-corrected chi connectivity index (χ0v) is 55.9. The van der Waals surface area contributed by atoms with Crippen molar-refractivity contribution in [1.29, 1.82) is 0 Å². The molecule has 532 valence electrons. The highest BCUT2D eigenvalue weighted by Gasteiger charge is 2.76. The highest BCUT2D eigenvalue weighted by molar-refractivity contribution is 5.98. The molecular formula is C69H86F2N6O21. The first-order valence-corrected chi connectivity index (χ1v) is 32.2. The number of hydrogen-bond acceptors (Lipinski definition) is 20. The summed E-state index contributed by atoms with van der Waals surface area (Å²) in [5, 5.41) is 60.6. The molecule has 4 aliphatic rings. The van der Waals surface area contributed by atoms with Crippen molar-refractivity contribution in [3.8, 4) is 0 Å². The van der Waals surface area contributed by atoms with Crippen molar-refractivity contribution < 1.29 is 110 Å². The van der Waals surface area contributed by atoms with E-state index < -0.39 is 203 Å². The van der Waals surface area contributed by atoms with Crippen LogP contribution in [-0.4, -0.2) is 171 Å². The molecule has 3 aromatic carbocycles. The molecule has 11 N–H and O–H groups in total. The number of benzene rings is 3. The molecule has 3 aliphatic carbocycles. The second kappa shape index (κ2) is 31.2. The van der Waals surface area contributed by atoms with Gasteiger partial charge < -0.3 is 81.2 Å². The van der Waals surface area contributed by atoms with Gasteiger partial charge in [0.15, 0.2) is 17.4 Å². The monoisotopic (exact) mass is 1370 g/mol. The Kier molecular flexibility index (Phi) is 24.3. The molecule has 3 fully saturated rings. The molecule has 0 unspecified atom stereocenters. The maximum atomic E-state index is 15.4. The zero-order chi connectivity index (χ0) is 72.6. The molecule has 3 aromatic rings. The van der Waals surface area contributed by atoms with Crippen LogP contribution >= 0.6 is 0 Å². The van der Waals surface area contributed by atoms with Crippen LogP contribution in [0.5, 0.6) is 0 Å². The number of aliphatic hydroxyl groups excluding tert-OH is 2. The number of alkyl carbamates (subject to hydrolysis) is 1. The van der Waals surface area contributed by atoms with Crippen LogP contribution in [0.2, 0.25) is 0 Å². The first kappa shape index (κ1) is 76.3. The van der Waals surface area contributed by atoms with Gasteiger partial charge in [-0.15, -0.1) is 0 Å². The maximum absolute atomic E-state index is 15.4. The highest BCUT2D eigenvalue weighted by atomic mass is 19.2. The number of Topliss-reactive ketones (excluding diaryl/α,β-unsaturated/α-hetero) is 2. The fraction of sp³-hybridized carbons (Fsp3) is 0.536. The van der Waals surface area contributed by atoms with Crippen LogP contribution in [0.25, 0.3) is 0 Å². The molecule has 1 aliphatic heterocycles. The Hall–Kier alpha value is -9.06. The van der Waals surface area contributed by atoms with Crippen LogP contribution in [0.3, 0.4) is 0 Å². The maximum Gasteiger partial charge on any atom is 0.408 e. The third-order valence-corrected chi connectivity index (χ3v) is 19.0. The van der Waals surface area contributed by atoms with Gasteiger partial charge in [-0.25, -0.2) is 28.0 Å². The lowest BCUT2D eigenvalue weighted by Gasteiger charge is -2.68. The van der Waals surface area contributed by atoms with Crippen molar-refractivity contribution in [3.05, 3.63) is 118 Å². The summed E-state index contributed by atoms with van der Waals surface area (Å²) in [6.07, 6.45) is -14.4. The summed E-state index contributed by atoms with van der Waals surface area (Å²) in [6.45, 7) is 12.9. The molecule has 0 radical (unpaired) electrons. The number of carbonyl (C=O) groups is 12. The largest absolute Gasteiger partial charge is 0.480 e. The van der Waals surface area contributed by atoms with E-state index in [2.05, 4.69) is 26.6 Å². The Morgan fingerprint density at radius 3 is 2.03 bits per heavy atom. The molecule has 1 heterocycles. The number of amides is 6. The van der Waals surface area contributed by atoms with E-state index >= 15 is 9.59 Å². The SMILES string of the molecule is CC(=O)C[C@@]12CO[C@@H]1C[C@H](O)[C@@]1(C)C(=O)[C@H](O)C3=C(C)[C@@H](OC(=O)[C@H](OC(=O)CCC(=O)NCCCC[C@H](NC(=O)CC[C@@H](NC(=O)[C@H](C)NC(=O)c4ccc(F)c(F)c4)C(N)=O)C(=O)O)[C@@H](NC(=O)OC(C)(C)C)c4ccccc4)C[C@@](O)([C@@H](OC(=O)c4ccccc4)[C@H]21)C3(C)C. The number of carbonyl (C=O) groups excluding carboxylic acids is 11. The number of halogens is 2. The minimum Gasteiger partial charge on any atom is -0.480 e. The first-order chi connectivity index (χ1) is 45.9. The number of aliphatic hydroxyl groups is 3. The summed E-state index contributed by atoms with van der Waals surface area (Å²) < 4.78 is 57.3. The van der Waals surface area contributed by atoms with Crippen molar-refractivity contribution >= 4 is 71.1 Å². The third-order valence-electron chi connectivity index (χ3n) is 19.0. The van der Waals surface area contributed by atoms with Crippen molar-refractivity contribution in [2.75, 3.05) is 13.2 Å². The zero-order valence-electron chi connectivity index (χ0n) is 55.9. The number of aliphatic carboxylic acids is 1. The Labute approximate surface area is 564 Å². The Morgan fingerprint density at radius 1 is 0.786 bits per heavy atom. The molecule has 29 heteroatoms. The van der Waals surface area contributed by atoms with E-state index in [4.69, 9.17) is 29.4 Å². The predicted octanol–water partition coefficient (Wildman–Crippen LogP) is 3.96. The molecule has 6 amide bonds. The van der Waals surface area contributed by atoms with E-state index in [1.807, 2.05) is 0 Å². The van der Waals surface area contributed by atoms with Crippen molar-refractivity contribution in [2.24, 2.45) is 27.9 Å². The number of nitrogens with one attached hydrogen (secondary N) is 5. The highest BCUT2D eigenvalue weighted by Crippen LogP contribution is 2.67. The molecule has 0 aromatic heterocycles. The molecular weight excluding hydrogens is 1290 g/mol. The topological polar surface area (TPSA) is 418 Å². The van der Waals surface area contributed by atoms with Crippen LogP contribution in [0.1, 0.15) is 159 Å². The number of esters is 3. The smallest absolute Gasteiger partial charge is 0.408 e. The number of carboxylic acids is 1. The number of ketones is 2. The number of hydrogen-bond donors (Lipinski definition) is 10. The van der Waals surface area contributed by atoms with Gasteiger partial charge in [0.05, 0.1) is 36.2 Å². The van der Waals surface area contributed by atoms with Crippen LogP contribution in [0.4, 0.5) is 13.6 Å². The fourth-order valence-corrected chi connectivity index (χ4v) is 13.8. The van der Waals surface area contributed by atoms with Gasteiger partial charge in [-0.2, -0.15) is 0 Å². The molecule has 7 rings (SSSR count). The number of primary amides is 1. The quantitative estimate of drug-likeness (QED) is 0.0213. The van der Waals surface area contributed by atoms with Crippen molar-refractivity contribution in [3.63, 3.8) is 0 Å². The van der Waals surface area contributed by atoms with E-state index in [9.17, 15) is 77.2 Å². The van der Waals surface area contributed by atoms with E-state index in [-0.39, 0.29) is 78.9 Å². The standard InChI is InChI=1S/C69H86F2N6O21/c1-35(78)32-68-34-94-47(68)31-46(79)67(9)55(68)57(97-62(90)39-20-14-11-15-21-39)69(93)33-45(36(2)51(66(69,7)8)53(83)56(67)84)95-63(91)54(52(38-18-12-10-13-19-38)77-64(92)98-65(4,5)6)96-50(82)28-27-48(80)73-29-17-16-22-44(61(88)89)75-49(81)26-25-43(58(72)85)76-59(86)37(3)74-60(87)40-23-24-41(70)42(71)30-40/h10-15,18-21,23-24,30,37,43-47,52-55,57,79,83,93H,16-17,22,25-29,31-34H2,1-9H3,(H2,72,85)(H,73,80)(H,74,87)(H,75,81)(H,76,86)(H,77,92)(H,88,89)/t37-,43+,44-,45-,46-,47+,52-,53+,54+,55-,57-,67+,68+,69+/m0/s1. The van der Waals surface area contributed by atoms with Gasteiger partial charge in [-0.05, 0) is 121 Å². The number of rotatable bonds is 28. The Morgan fingerprint density at radius 2 is 1.44 bits per heavy atom. The van der Waals surface area contributed by atoms with E-state index in [1.54, 1.807) is 57.2 Å². The average Bonchev–Trinajstić information content (AvgIpc) is 0.671. The molecule has 0 spiro atoms. The second-order valence-corrected chi connectivity index (χ2v) is 27.2.